The van der Waals surface area contributed by atoms with Gasteiger partial charge in [0.1, 0.15) is 12.1 Å². The minimum Gasteiger partial charge on any atom is -0.366 e. The molecule has 0 unspecified atom stereocenters. The molecular formula is C15H13N3S. The van der Waals surface area contributed by atoms with E-state index in [0.717, 1.165) is 29.6 Å². The van der Waals surface area contributed by atoms with Crippen LogP contribution in [0.25, 0.3) is 10.9 Å². The van der Waals surface area contributed by atoms with Gasteiger partial charge in [-0.3, -0.25) is 0 Å². The summed E-state index contributed by atoms with van der Waals surface area (Å²) in [4.78, 5) is 8.67. The molecule has 1 aliphatic carbocycles. The van der Waals surface area contributed by atoms with Crippen molar-refractivity contribution >= 4 is 28.1 Å². The van der Waals surface area contributed by atoms with Gasteiger partial charge < -0.3 is 5.32 Å². The maximum Gasteiger partial charge on any atom is 0.138 e. The minimum absolute atomic E-state index is 0.440. The summed E-state index contributed by atoms with van der Waals surface area (Å²) in [5.41, 5.74) is 3.93. The maximum absolute atomic E-state index is 4.39. The summed E-state index contributed by atoms with van der Waals surface area (Å²) in [6.45, 7) is 0. The van der Waals surface area contributed by atoms with Crippen LogP contribution in [0, 0.1) is 0 Å². The summed E-state index contributed by atoms with van der Waals surface area (Å²) in [6.07, 6.45) is 3.79. The molecule has 3 aromatic rings. The number of fused-ring (bicyclic) bond motifs is 2. The molecule has 4 rings (SSSR count). The second kappa shape index (κ2) is 4.31. The molecule has 4 heteroatoms. The molecule has 0 radical (unpaired) electrons. The first-order chi connectivity index (χ1) is 9.40. The zero-order valence-electron chi connectivity index (χ0n) is 10.3. The molecule has 0 bridgehead atoms. The first-order valence-electron chi connectivity index (χ1n) is 6.40. The van der Waals surface area contributed by atoms with E-state index in [4.69, 9.17) is 0 Å². The van der Waals surface area contributed by atoms with Crippen molar-refractivity contribution < 1.29 is 0 Å². The van der Waals surface area contributed by atoms with Crippen LogP contribution in [0.4, 0.5) is 5.82 Å². The van der Waals surface area contributed by atoms with E-state index in [2.05, 4.69) is 50.3 Å². The third kappa shape index (κ3) is 1.88. The van der Waals surface area contributed by atoms with Crippen LogP contribution in [0.15, 0.2) is 41.4 Å². The zero-order chi connectivity index (χ0) is 12.7. The van der Waals surface area contributed by atoms with Crippen molar-refractivity contribution in [1.82, 2.24) is 9.97 Å². The summed E-state index contributed by atoms with van der Waals surface area (Å²) >= 11 is 1.67. The Labute approximate surface area is 115 Å². The molecule has 19 heavy (non-hydrogen) atoms. The molecule has 94 valence electrons. The van der Waals surface area contributed by atoms with Crippen LogP contribution in [0.1, 0.15) is 11.1 Å². The zero-order valence-corrected chi connectivity index (χ0v) is 11.2. The molecule has 0 aliphatic heterocycles. The Kier molecular flexibility index (Phi) is 2.48. The fourth-order valence-corrected chi connectivity index (χ4v) is 3.51. The number of thiophene rings is 1. The maximum atomic E-state index is 4.39. The predicted octanol–water partition coefficient (Wildman–Crippen LogP) is 3.27. The number of benzene rings is 1. The molecule has 2 heterocycles. The van der Waals surface area contributed by atoms with Crippen molar-refractivity contribution in [3.8, 4) is 0 Å². The van der Waals surface area contributed by atoms with Gasteiger partial charge in [-0.25, -0.2) is 9.97 Å². The Morgan fingerprint density at radius 3 is 2.63 bits per heavy atom. The third-order valence-electron chi connectivity index (χ3n) is 3.67. The minimum atomic E-state index is 0.440. The normalized spacial score (nSPS) is 14.7. The van der Waals surface area contributed by atoms with Gasteiger partial charge in [-0.2, -0.15) is 0 Å². The van der Waals surface area contributed by atoms with Gasteiger partial charge in [0.15, 0.2) is 0 Å². The fraction of sp³-hybridized carbons (Fsp3) is 0.200. The van der Waals surface area contributed by atoms with Crippen LogP contribution in [0.2, 0.25) is 0 Å². The van der Waals surface area contributed by atoms with E-state index in [-0.39, 0.29) is 0 Å². The van der Waals surface area contributed by atoms with Gasteiger partial charge in [0, 0.05) is 16.8 Å². The van der Waals surface area contributed by atoms with E-state index in [0.29, 0.717) is 6.04 Å². The molecule has 3 nitrogen and oxygen atoms in total. The van der Waals surface area contributed by atoms with Gasteiger partial charge in [0.25, 0.3) is 0 Å². The number of hydrogen-bond donors (Lipinski definition) is 1. The first kappa shape index (κ1) is 10.9. The lowest BCUT2D eigenvalue weighted by molar-refractivity contribution is 0.770. The average Bonchev–Trinajstić information content (AvgIpc) is 3.04. The van der Waals surface area contributed by atoms with E-state index in [1.54, 1.807) is 17.7 Å². The van der Waals surface area contributed by atoms with Crippen LogP contribution in [-0.4, -0.2) is 16.0 Å². The van der Waals surface area contributed by atoms with Gasteiger partial charge in [0.2, 0.25) is 0 Å². The average molecular weight is 267 g/mol. The van der Waals surface area contributed by atoms with Crippen LogP contribution < -0.4 is 5.32 Å². The molecule has 0 atom stereocenters. The second-order valence-electron chi connectivity index (χ2n) is 4.91. The molecule has 0 saturated carbocycles. The molecule has 1 aromatic carbocycles. The molecule has 0 amide bonds. The highest BCUT2D eigenvalue weighted by molar-refractivity contribution is 7.09. The predicted molar refractivity (Wildman–Crippen MR) is 78.7 cm³/mol. The van der Waals surface area contributed by atoms with Crippen molar-refractivity contribution in [2.75, 3.05) is 5.32 Å². The molecule has 0 spiro atoms. The van der Waals surface area contributed by atoms with Crippen LogP contribution in [0.3, 0.4) is 0 Å². The van der Waals surface area contributed by atoms with Gasteiger partial charge >= 0.3 is 0 Å². The van der Waals surface area contributed by atoms with Gasteiger partial charge in [-0.15, -0.1) is 11.3 Å². The first-order valence-corrected chi connectivity index (χ1v) is 7.34. The smallest absolute Gasteiger partial charge is 0.138 e. The number of aromatic nitrogens is 2. The van der Waals surface area contributed by atoms with Crippen molar-refractivity contribution in [3.63, 3.8) is 0 Å². The number of hydrogen-bond acceptors (Lipinski definition) is 4. The number of rotatable bonds is 2. The number of nitrogens with zero attached hydrogens (tertiary/aromatic N) is 2. The molecule has 1 aliphatic rings. The van der Waals surface area contributed by atoms with E-state index >= 15 is 0 Å². The Morgan fingerprint density at radius 2 is 1.84 bits per heavy atom. The SMILES string of the molecule is c1ccc2c(c1)CC(Nc1ncnc3cscc13)C2. The monoisotopic (exact) mass is 267 g/mol. The lowest BCUT2D eigenvalue weighted by atomic mass is 10.1. The Hall–Kier alpha value is -1.94. The standard InChI is InChI=1S/C15H13N3S/c1-2-4-11-6-12(5-10(11)3-1)18-15-13-7-19-8-14(13)16-9-17-15/h1-4,7-9,12H,5-6H2,(H,16,17,18). The van der Waals surface area contributed by atoms with Gasteiger partial charge in [-0.1, -0.05) is 24.3 Å². The second-order valence-corrected chi connectivity index (χ2v) is 5.65. The molecule has 2 aromatic heterocycles. The van der Waals surface area contributed by atoms with E-state index in [9.17, 15) is 0 Å². The fourth-order valence-electron chi connectivity index (χ4n) is 2.76. The highest BCUT2D eigenvalue weighted by Gasteiger charge is 2.21. The third-order valence-corrected chi connectivity index (χ3v) is 4.40. The topological polar surface area (TPSA) is 37.8 Å². The Morgan fingerprint density at radius 1 is 1.05 bits per heavy atom. The van der Waals surface area contributed by atoms with Crippen LogP contribution in [0.5, 0.6) is 0 Å². The molecule has 0 saturated heterocycles. The van der Waals surface area contributed by atoms with E-state index < -0.39 is 0 Å². The lowest BCUT2D eigenvalue weighted by Gasteiger charge is -2.13. The van der Waals surface area contributed by atoms with Gasteiger partial charge in [-0.05, 0) is 24.0 Å². The van der Waals surface area contributed by atoms with Crippen molar-refractivity contribution in [2.45, 2.75) is 18.9 Å². The summed E-state index contributed by atoms with van der Waals surface area (Å²) in [5.74, 6) is 0.962. The summed E-state index contributed by atoms with van der Waals surface area (Å²) in [6, 6.07) is 9.11. The Balaban J connectivity index is 1.62. The summed E-state index contributed by atoms with van der Waals surface area (Å²) < 4.78 is 0. The van der Waals surface area contributed by atoms with Crippen LogP contribution >= 0.6 is 11.3 Å². The van der Waals surface area contributed by atoms with E-state index in [1.165, 1.54) is 11.1 Å². The molecule has 1 N–H and O–H groups in total. The number of nitrogens with one attached hydrogen (secondary N) is 1. The van der Waals surface area contributed by atoms with Crippen molar-refractivity contribution in [1.29, 1.82) is 0 Å². The summed E-state index contributed by atoms with van der Waals surface area (Å²) in [7, 11) is 0. The molecular weight excluding hydrogens is 254 g/mol. The highest BCUT2D eigenvalue weighted by atomic mass is 32.1. The van der Waals surface area contributed by atoms with Crippen molar-refractivity contribution in [2.24, 2.45) is 0 Å². The van der Waals surface area contributed by atoms with Crippen LogP contribution in [-0.2, 0) is 12.8 Å². The lowest BCUT2D eigenvalue weighted by Crippen LogP contribution is -2.20. The Bertz CT molecular complexity index is 710. The van der Waals surface area contributed by atoms with Crippen molar-refractivity contribution in [3.05, 3.63) is 52.5 Å². The molecule has 0 fully saturated rings. The quantitative estimate of drug-likeness (QED) is 0.774. The van der Waals surface area contributed by atoms with E-state index in [1.807, 2.05) is 0 Å². The highest BCUT2D eigenvalue weighted by Crippen LogP contribution is 2.27. The van der Waals surface area contributed by atoms with Gasteiger partial charge in [0.05, 0.1) is 10.9 Å². The number of anilines is 1. The summed E-state index contributed by atoms with van der Waals surface area (Å²) in [5, 5.41) is 8.87. The largest absolute Gasteiger partial charge is 0.366 e.